The fourth-order valence-electron chi connectivity index (χ4n) is 3.32. The number of hydrogen-bond acceptors (Lipinski definition) is 4. The van der Waals surface area contributed by atoms with Gasteiger partial charge in [0.15, 0.2) is 9.84 Å². The van der Waals surface area contributed by atoms with Crippen molar-refractivity contribution in [2.45, 2.75) is 25.3 Å². The summed E-state index contributed by atoms with van der Waals surface area (Å²) in [4.78, 5) is 26.7. The number of benzene rings is 1. The van der Waals surface area contributed by atoms with Crippen molar-refractivity contribution in [3.63, 3.8) is 0 Å². The zero-order chi connectivity index (χ0) is 17.5. The van der Waals surface area contributed by atoms with Gasteiger partial charge in [-0.3, -0.25) is 9.59 Å². The Kier molecular flexibility index (Phi) is 4.46. The standard InChI is InChI=1S/C16H19BrN2O4S/c1-16(6-8-24(22,23)10-16)18-14(20)13-5-7-19(15(13)21)12-4-2-3-11(17)9-12/h2-4,9,13H,5-8,10H2,1H3,(H,18,20). The molecular formula is C16H19BrN2O4S. The van der Waals surface area contributed by atoms with Gasteiger partial charge in [-0.15, -0.1) is 0 Å². The minimum atomic E-state index is -3.11. The molecule has 1 aromatic carbocycles. The van der Waals surface area contributed by atoms with Gasteiger partial charge in [0.05, 0.1) is 17.0 Å². The van der Waals surface area contributed by atoms with Crippen LogP contribution in [-0.4, -0.2) is 43.8 Å². The van der Waals surface area contributed by atoms with Crippen LogP contribution in [0.2, 0.25) is 0 Å². The maximum Gasteiger partial charge on any atom is 0.239 e. The van der Waals surface area contributed by atoms with Gasteiger partial charge in [-0.2, -0.15) is 0 Å². The lowest BCUT2D eigenvalue weighted by molar-refractivity contribution is -0.133. The van der Waals surface area contributed by atoms with E-state index in [-0.39, 0.29) is 23.3 Å². The summed E-state index contributed by atoms with van der Waals surface area (Å²) in [6, 6.07) is 7.37. The second-order valence-electron chi connectivity index (χ2n) is 6.70. The van der Waals surface area contributed by atoms with Gasteiger partial charge in [-0.1, -0.05) is 22.0 Å². The van der Waals surface area contributed by atoms with Crippen LogP contribution in [0.1, 0.15) is 19.8 Å². The van der Waals surface area contributed by atoms with Crippen LogP contribution in [-0.2, 0) is 19.4 Å². The molecule has 2 aliphatic rings. The number of anilines is 1. The number of sulfone groups is 1. The van der Waals surface area contributed by atoms with E-state index in [1.807, 2.05) is 24.3 Å². The van der Waals surface area contributed by atoms with Gasteiger partial charge in [0.1, 0.15) is 5.92 Å². The second-order valence-corrected chi connectivity index (χ2v) is 9.80. The number of carbonyl (C=O) groups is 2. The van der Waals surface area contributed by atoms with Crippen LogP contribution >= 0.6 is 15.9 Å². The van der Waals surface area contributed by atoms with Crippen molar-refractivity contribution in [1.82, 2.24) is 5.32 Å². The molecule has 24 heavy (non-hydrogen) atoms. The van der Waals surface area contributed by atoms with Gasteiger partial charge >= 0.3 is 0 Å². The van der Waals surface area contributed by atoms with Crippen LogP contribution in [0.25, 0.3) is 0 Å². The fourth-order valence-corrected chi connectivity index (χ4v) is 5.80. The normalized spacial score (nSPS) is 29.0. The molecule has 8 heteroatoms. The second kappa shape index (κ2) is 6.15. The third kappa shape index (κ3) is 3.49. The molecule has 0 bridgehead atoms. The molecule has 130 valence electrons. The van der Waals surface area contributed by atoms with Crippen molar-refractivity contribution < 1.29 is 18.0 Å². The summed E-state index contributed by atoms with van der Waals surface area (Å²) in [6.07, 6.45) is 0.817. The SMILES string of the molecule is CC1(NC(=O)C2CCN(c3cccc(Br)c3)C2=O)CCS(=O)(=O)C1. The Balaban J connectivity index is 1.70. The van der Waals surface area contributed by atoms with Crippen molar-refractivity contribution in [3.05, 3.63) is 28.7 Å². The summed E-state index contributed by atoms with van der Waals surface area (Å²) in [5.74, 6) is -1.37. The lowest BCUT2D eigenvalue weighted by atomic mass is 9.99. The number of hydrogen-bond donors (Lipinski definition) is 1. The van der Waals surface area contributed by atoms with Crippen LogP contribution < -0.4 is 10.2 Å². The number of carbonyl (C=O) groups excluding carboxylic acids is 2. The minimum Gasteiger partial charge on any atom is -0.349 e. The van der Waals surface area contributed by atoms with Gasteiger partial charge in [0.2, 0.25) is 11.8 Å². The third-order valence-corrected chi connectivity index (χ3v) is 6.97. The average molecular weight is 415 g/mol. The van der Waals surface area contributed by atoms with E-state index < -0.39 is 21.3 Å². The number of rotatable bonds is 3. The van der Waals surface area contributed by atoms with E-state index in [0.29, 0.717) is 19.4 Å². The van der Waals surface area contributed by atoms with E-state index in [9.17, 15) is 18.0 Å². The highest BCUT2D eigenvalue weighted by atomic mass is 79.9. The Morgan fingerprint density at radius 3 is 2.79 bits per heavy atom. The summed E-state index contributed by atoms with van der Waals surface area (Å²) >= 11 is 3.38. The lowest BCUT2D eigenvalue weighted by Gasteiger charge is -2.25. The molecule has 2 aliphatic heterocycles. The summed E-state index contributed by atoms with van der Waals surface area (Å²) < 4.78 is 24.2. The van der Waals surface area contributed by atoms with Gasteiger partial charge in [-0.05, 0) is 38.0 Å². The summed E-state index contributed by atoms with van der Waals surface area (Å²) in [6.45, 7) is 2.20. The fraction of sp³-hybridized carbons (Fsp3) is 0.500. The molecule has 2 unspecified atom stereocenters. The number of nitrogens with zero attached hydrogens (tertiary/aromatic N) is 1. The van der Waals surface area contributed by atoms with E-state index in [4.69, 9.17) is 0 Å². The molecule has 1 N–H and O–H groups in total. The topological polar surface area (TPSA) is 83.6 Å². The lowest BCUT2D eigenvalue weighted by Crippen LogP contribution is -2.50. The Bertz CT molecular complexity index is 795. The first-order valence-corrected chi connectivity index (χ1v) is 10.4. The largest absolute Gasteiger partial charge is 0.349 e. The molecule has 1 aromatic rings. The van der Waals surface area contributed by atoms with Crippen LogP contribution in [0.5, 0.6) is 0 Å². The highest BCUT2D eigenvalue weighted by Crippen LogP contribution is 2.29. The van der Waals surface area contributed by atoms with Gasteiger partial charge in [-0.25, -0.2) is 8.42 Å². The molecule has 6 nitrogen and oxygen atoms in total. The highest BCUT2D eigenvalue weighted by Gasteiger charge is 2.44. The van der Waals surface area contributed by atoms with Gasteiger partial charge in [0.25, 0.3) is 0 Å². The van der Waals surface area contributed by atoms with Crippen molar-refractivity contribution in [3.8, 4) is 0 Å². The number of halogens is 1. The molecular weight excluding hydrogens is 396 g/mol. The average Bonchev–Trinajstić information content (AvgIpc) is 2.99. The highest BCUT2D eigenvalue weighted by molar-refractivity contribution is 9.10. The van der Waals surface area contributed by atoms with Crippen molar-refractivity contribution in [2.24, 2.45) is 5.92 Å². The summed E-state index contributed by atoms with van der Waals surface area (Å²) in [7, 11) is -3.11. The monoisotopic (exact) mass is 414 g/mol. The van der Waals surface area contributed by atoms with Crippen LogP contribution in [0.15, 0.2) is 28.7 Å². The molecule has 0 aliphatic carbocycles. The molecule has 2 atom stereocenters. The number of nitrogens with one attached hydrogen (secondary N) is 1. The van der Waals surface area contributed by atoms with E-state index in [2.05, 4.69) is 21.2 Å². The van der Waals surface area contributed by atoms with E-state index in [0.717, 1.165) is 10.2 Å². The van der Waals surface area contributed by atoms with Crippen LogP contribution in [0.4, 0.5) is 5.69 Å². The molecule has 0 saturated carbocycles. The summed E-state index contributed by atoms with van der Waals surface area (Å²) in [5, 5.41) is 2.79. The Morgan fingerprint density at radius 1 is 1.42 bits per heavy atom. The Morgan fingerprint density at radius 2 is 2.17 bits per heavy atom. The molecule has 0 spiro atoms. The zero-order valence-corrected chi connectivity index (χ0v) is 15.7. The molecule has 2 heterocycles. The molecule has 0 radical (unpaired) electrons. The zero-order valence-electron chi connectivity index (χ0n) is 13.3. The molecule has 3 rings (SSSR count). The van der Waals surface area contributed by atoms with E-state index in [1.165, 1.54) is 0 Å². The Hall–Kier alpha value is -1.41. The maximum absolute atomic E-state index is 12.6. The number of amides is 2. The van der Waals surface area contributed by atoms with Crippen molar-refractivity contribution in [1.29, 1.82) is 0 Å². The first-order chi connectivity index (χ1) is 11.2. The molecule has 2 fully saturated rings. The van der Waals surface area contributed by atoms with Crippen LogP contribution in [0.3, 0.4) is 0 Å². The van der Waals surface area contributed by atoms with E-state index >= 15 is 0 Å². The predicted molar refractivity (Wildman–Crippen MR) is 94.4 cm³/mol. The smallest absolute Gasteiger partial charge is 0.239 e. The van der Waals surface area contributed by atoms with E-state index in [1.54, 1.807) is 11.8 Å². The minimum absolute atomic E-state index is 0.0675. The predicted octanol–water partition coefficient (Wildman–Crippen LogP) is 1.50. The maximum atomic E-state index is 12.6. The Labute approximate surface area is 149 Å². The third-order valence-electron chi connectivity index (χ3n) is 4.57. The first kappa shape index (κ1) is 17.4. The molecule has 0 aromatic heterocycles. The van der Waals surface area contributed by atoms with Gasteiger partial charge < -0.3 is 10.2 Å². The first-order valence-electron chi connectivity index (χ1n) is 7.79. The van der Waals surface area contributed by atoms with Crippen molar-refractivity contribution in [2.75, 3.05) is 23.0 Å². The summed E-state index contributed by atoms with van der Waals surface area (Å²) in [5.41, 5.74) is -0.0290. The molecule has 2 saturated heterocycles. The quantitative estimate of drug-likeness (QED) is 0.759. The van der Waals surface area contributed by atoms with Gasteiger partial charge in [0, 0.05) is 16.7 Å². The van der Waals surface area contributed by atoms with Crippen molar-refractivity contribution >= 4 is 43.3 Å². The van der Waals surface area contributed by atoms with Crippen LogP contribution in [0, 0.1) is 5.92 Å². The molecule has 2 amide bonds.